The lowest BCUT2D eigenvalue weighted by Gasteiger charge is -2.10. The first-order valence-corrected chi connectivity index (χ1v) is 15.2. The fourth-order valence-corrected chi connectivity index (χ4v) is 7.80. The van der Waals surface area contributed by atoms with Gasteiger partial charge in [0, 0.05) is 36.5 Å². The van der Waals surface area contributed by atoms with Crippen molar-refractivity contribution in [2.24, 2.45) is 0 Å². The summed E-state index contributed by atoms with van der Waals surface area (Å²) in [5.41, 5.74) is 5.46. The normalized spacial score (nSPS) is 12.2. The van der Waals surface area contributed by atoms with E-state index < -0.39 is 0 Å². The van der Waals surface area contributed by atoms with E-state index in [9.17, 15) is 0 Å². The highest BCUT2D eigenvalue weighted by molar-refractivity contribution is 7.25. The highest BCUT2D eigenvalue weighted by Crippen LogP contribution is 2.43. The second-order valence-electron chi connectivity index (χ2n) is 11.0. The van der Waals surface area contributed by atoms with E-state index in [0.717, 1.165) is 49.7 Å². The van der Waals surface area contributed by atoms with Gasteiger partial charge < -0.3 is 4.42 Å². The third kappa shape index (κ3) is 3.20. The molecule has 0 unspecified atom stereocenters. The Hall–Kier alpha value is -5.52. The zero-order valence-corrected chi connectivity index (χ0v) is 23.6. The largest absolute Gasteiger partial charge is 0.450 e. The van der Waals surface area contributed by atoms with Crippen LogP contribution in [-0.2, 0) is 0 Å². The second kappa shape index (κ2) is 8.51. The summed E-state index contributed by atoms with van der Waals surface area (Å²) >= 11 is 1.84. The molecule has 0 aliphatic rings. The van der Waals surface area contributed by atoms with E-state index in [0.29, 0.717) is 11.4 Å². The van der Waals surface area contributed by atoms with Crippen molar-refractivity contribution < 1.29 is 4.42 Å². The van der Waals surface area contributed by atoms with Gasteiger partial charge in [0.25, 0.3) is 0 Å². The molecule has 0 N–H and O–H groups in total. The van der Waals surface area contributed by atoms with Crippen molar-refractivity contribution in [3.8, 4) is 17.2 Å². The first-order chi connectivity index (χ1) is 21.3. The molecule has 0 spiro atoms. The summed E-state index contributed by atoms with van der Waals surface area (Å²) in [7, 11) is 0. The van der Waals surface area contributed by atoms with Crippen molar-refractivity contribution in [3.63, 3.8) is 0 Å². The van der Waals surface area contributed by atoms with Gasteiger partial charge >= 0.3 is 0 Å². The first kappa shape index (κ1) is 23.1. The molecule has 10 rings (SSSR count). The summed E-state index contributed by atoms with van der Waals surface area (Å²) in [6, 6.07) is 44.7. The fraction of sp³-hybridized carbons (Fsp3) is 0. The van der Waals surface area contributed by atoms with Gasteiger partial charge in [-0.05, 0) is 41.1 Å². The van der Waals surface area contributed by atoms with E-state index in [4.69, 9.17) is 14.4 Å². The van der Waals surface area contributed by atoms with E-state index in [-0.39, 0.29) is 0 Å². The molecular weight excluding hydrogens is 547 g/mol. The summed E-state index contributed by atoms with van der Waals surface area (Å²) in [6.07, 6.45) is 0. The maximum Gasteiger partial charge on any atom is 0.197 e. The van der Waals surface area contributed by atoms with E-state index >= 15 is 0 Å². The van der Waals surface area contributed by atoms with Crippen molar-refractivity contribution in [2.45, 2.75) is 0 Å². The van der Waals surface area contributed by atoms with Gasteiger partial charge in [-0.3, -0.25) is 4.57 Å². The minimum atomic E-state index is 0.673. The molecule has 5 heteroatoms. The monoisotopic (exact) mass is 567 g/mol. The Morgan fingerprint density at radius 3 is 2.23 bits per heavy atom. The molecule has 200 valence electrons. The van der Waals surface area contributed by atoms with Gasteiger partial charge in [0.2, 0.25) is 0 Å². The summed E-state index contributed by atoms with van der Waals surface area (Å²) in [4.78, 5) is 10.5. The molecule has 4 aromatic heterocycles. The molecule has 4 nitrogen and oxygen atoms in total. The van der Waals surface area contributed by atoms with E-state index in [1.54, 1.807) is 0 Å². The van der Waals surface area contributed by atoms with Crippen LogP contribution in [0.3, 0.4) is 0 Å². The Morgan fingerprint density at radius 2 is 1.33 bits per heavy atom. The lowest BCUT2D eigenvalue weighted by molar-refractivity contribution is 0.662. The van der Waals surface area contributed by atoms with Crippen LogP contribution in [0.4, 0.5) is 0 Å². The van der Waals surface area contributed by atoms with Crippen LogP contribution >= 0.6 is 11.3 Å². The van der Waals surface area contributed by atoms with Crippen LogP contribution in [0.5, 0.6) is 0 Å². The number of hydrogen-bond acceptors (Lipinski definition) is 4. The van der Waals surface area contributed by atoms with E-state index in [1.807, 2.05) is 29.5 Å². The first-order valence-electron chi connectivity index (χ1n) is 14.3. The third-order valence-electron chi connectivity index (χ3n) is 8.60. The number of thiophene rings is 1. The van der Waals surface area contributed by atoms with Crippen LogP contribution in [0.1, 0.15) is 0 Å². The molecule has 0 saturated heterocycles. The Labute approximate surface area is 249 Å². The van der Waals surface area contributed by atoms with Gasteiger partial charge in [-0.15, -0.1) is 11.3 Å². The van der Waals surface area contributed by atoms with Crippen molar-refractivity contribution in [1.29, 1.82) is 0 Å². The molecule has 4 heterocycles. The lowest BCUT2D eigenvalue weighted by Crippen LogP contribution is -2.01. The Morgan fingerprint density at radius 1 is 0.558 bits per heavy atom. The maximum absolute atomic E-state index is 6.70. The summed E-state index contributed by atoms with van der Waals surface area (Å²) in [5, 5.41) is 8.20. The zero-order chi connectivity index (χ0) is 28.1. The number of hydrogen-bond donors (Lipinski definition) is 0. The molecule has 0 aliphatic carbocycles. The highest BCUT2D eigenvalue weighted by Gasteiger charge is 2.23. The van der Waals surface area contributed by atoms with E-state index in [2.05, 4.69) is 114 Å². The SMILES string of the molecule is c1ccc(-c2nc(-n3c4ccccc4c4cc5sc6ccccc6c5cc43)c3oc4ccc5ccccc5c4c3n2)cc1. The zero-order valence-electron chi connectivity index (χ0n) is 22.8. The molecule has 0 aliphatic heterocycles. The molecule has 0 amide bonds. The standard InChI is InChI=1S/C38H21N3OS/c1-2-11-23(12-3-1)37-39-35-34-24-13-5-4-10-22(24)18-19-31(34)42-36(35)38(40-37)41-29-16-8-6-14-25(29)27-21-33-28(20-30(27)41)26-15-7-9-17-32(26)43-33/h1-21H. The number of furan rings is 1. The van der Waals surface area contributed by atoms with Gasteiger partial charge in [0.15, 0.2) is 17.2 Å². The van der Waals surface area contributed by atoms with Gasteiger partial charge in [-0.2, -0.15) is 0 Å². The van der Waals surface area contributed by atoms with Gasteiger partial charge in [0.1, 0.15) is 11.1 Å². The number of rotatable bonds is 2. The maximum atomic E-state index is 6.70. The number of aromatic nitrogens is 3. The molecular formula is C38H21N3OS. The van der Waals surface area contributed by atoms with Crippen molar-refractivity contribution in [1.82, 2.24) is 14.5 Å². The van der Waals surface area contributed by atoms with Crippen molar-refractivity contribution >= 4 is 86.2 Å². The number of nitrogens with zero attached hydrogens (tertiary/aromatic N) is 3. The minimum Gasteiger partial charge on any atom is -0.450 e. The molecule has 0 fully saturated rings. The molecule has 43 heavy (non-hydrogen) atoms. The molecule has 0 radical (unpaired) electrons. The van der Waals surface area contributed by atoms with Crippen LogP contribution in [0.2, 0.25) is 0 Å². The summed E-state index contributed by atoms with van der Waals surface area (Å²) in [6.45, 7) is 0. The molecule has 10 aromatic rings. The van der Waals surface area contributed by atoms with Crippen LogP contribution in [0.25, 0.3) is 92.0 Å². The second-order valence-corrected chi connectivity index (χ2v) is 12.1. The predicted molar refractivity (Wildman–Crippen MR) is 179 cm³/mol. The van der Waals surface area contributed by atoms with E-state index in [1.165, 1.54) is 30.9 Å². The Balaban J connectivity index is 1.41. The molecule has 0 atom stereocenters. The van der Waals surface area contributed by atoms with Crippen molar-refractivity contribution in [3.05, 3.63) is 127 Å². The van der Waals surface area contributed by atoms with Crippen LogP contribution in [0.15, 0.2) is 132 Å². The Kier molecular flexibility index (Phi) is 4.57. The summed E-state index contributed by atoms with van der Waals surface area (Å²) < 4.78 is 11.6. The summed E-state index contributed by atoms with van der Waals surface area (Å²) in [5.74, 6) is 1.42. The lowest BCUT2D eigenvalue weighted by atomic mass is 10.1. The van der Waals surface area contributed by atoms with Gasteiger partial charge in [0.05, 0.1) is 16.4 Å². The predicted octanol–water partition coefficient (Wildman–Crippen LogP) is 10.7. The highest BCUT2D eigenvalue weighted by atomic mass is 32.1. The number of benzene rings is 6. The Bertz CT molecular complexity index is 2730. The van der Waals surface area contributed by atoms with Crippen LogP contribution in [-0.4, -0.2) is 14.5 Å². The minimum absolute atomic E-state index is 0.673. The smallest absolute Gasteiger partial charge is 0.197 e. The average molecular weight is 568 g/mol. The van der Waals surface area contributed by atoms with Crippen LogP contribution in [0, 0.1) is 0 Å². The topological polar surface area (TPSA) is 43.9 Å². The quantitative estimate of drug-likeness (QED) is 0.209. The number of fused-ring (bicyclic) bond motifs is 11. The fourth-order valence-electron chi connectivity index (χ4n) is 6.68. The number of para-hydroxylation sites is 1. The molecule has 0 bridgehead atoms. The van der Waals surface area contributed by atoms with Gasteiger partial charge in [-0.25, -0.2) is 9.97 Å². The van der Waals surface area contributed by atoms with Crippen LogP contribution < -0.4 is 0 Å². The average Bonchev–Trinajstić information content (AvgIpc) is 3.73. The molecule has 0 saturated carbocycles. The van der Waals surface area contributed by atoms with Gasteiger partial charge in [-0.1, -0.05) is 97.1 Å². The molecule has 6 aromatic carbocycles. The third-order valence-corrected chi connectivity index (χ3v) is 9.74. The van der Waals surface area contributed by atoms with Crippen molar-refractivity contribution in [2.75, 3.05) is 0 Å².